The number of aromatic nitrogens is 3. The first-order chi connectivity index (χ1) is 17.9. The number of hydrogen-bond donors (Lipinski definition) is 0. The Morgan fingerprint density at radius 3 is 2.41 bits per heavy atom. The molecule has 0 spiro atoms. The van der Waals surface area contributed by atoms with E-state index < -0.39 is 10.8 Å². The van der Waals surface area contributed by atoms with Gasteiger partial charge < -0.3 is 4.74 Å². The summed E-state index contributed by atoms with van der Waals surface area (Å²) < 4.78 is 34.8. The highest BCUT2D eigenvalue weighted by Gasteiger charge is 2.22. The van der Waals surface area contributed by atoms with Crippen molar-refractivity contribution >= 4 is 33.1 Å². The van der Waals surface area contributed by atoms with Gasteiger partial charge in [0.15, 0.2) is 0 Å². The Morgan fingerprint density at radius 1 is 0.946 bits per heavy atom. The Hall–Kier alpha value is -4.10. The number of fused-ring (bicyclic) bond motifs is 1. The molecule has 5 nitrogen and oxygen atoms in total. The Labute approximate surface area is 217 Å². The normalized spacial score (nSPS) is 12.9. The van der Waals surface area contributed by atoms with Crippen LogP contribution in [0.15, 0.2) is 95.9 Å². The number of hydrogen-bond acceptors (Lipinski definition) is 4. The highest BCUT2D eigenvalue weighted by Crippen LogP contribution is 2.34. The summed E-state index contributed by atoms with van der Waals surface area (Å²) in [7, 11) is 0.220. The van der Waals surface area contributed by atoms with E-state index in [4.69, 9.17) is 4.74 Å². The van der Waals surface area contributed by atoms with Crippen molar-refractivity contribution in [3.63, 3.8) is 0 Å². The van der Waals surface area contributed by atoms with Gasteiger partial charge in [0.2, 0.25) is 0 Å². The van der Waals surface area contributed by atoms with Crippen LogP contribution in [0.3, 0.4) is 0 Å². The van der Waals surface area contributed by atoms with Crippen LogP contribution in [-0.2, 0) is 10.8 Å². The molecule has 4 aromatic carbocycles. The second-order valence-corrected chi connectivity index (χ2v) is 10.3. The van der Waals surface area contributed by atoms with Crippen molar-refractivity contribution in [3.05, 3.63) is 119 Å². The number of para-hydroxylation sites is 1. The molecule has 0 saturated heterocycles. The molecule has 0 aliphatic heterocycles. The summed E-state index contributed by atoms with van der Waals surface area (Å²) in [6.45, 7) is 4.07. The molecule has 1 atom stereocenters. The van der Waals surface area contributed by atoms with Crippen LogP contribution in [0.2, 0.25) is 0 Å². The van der Waals surface area contributed by atoms with Gasteiger partial charge in [-0.05, 0) is 91.2 Å². The Morgan fingerprint density at radius 2 is 1.68 bits per heavy atom. The van der Waals surface area contributed by atoms with E-state index in [1.165, 1.54) is 12.1 Å². The third kappa shape index (κ3) is 5.08. The van der Waals surface area contributed by atoms with Crippen molar-refractivity contribution in [2.45, 2.75) is 18.7 Å². The number of aryl methyl sites for hydroxylation is 2. The smallest absolute Gasteiger partial charge is 0.123 e. The average molecular weight is 512 g/mol. The molecule has 0 saturated carbocycles. The minimum atomic E-state index is -1.38. The van der Waals surface area contributed by atoms with Crippen LogP contribution < -0.4 is 4.74 Å². The molecule has 0 radical (unpaired) electrons. The minimum absolute atomic E-state index is 0.220. The minimum Gasteiger partial charge on any atom is -0.497 e. The molecule has 5 rings (SSSR count). The first kappa shape index (κ1) is 24.6. The van der Waals surface area contributed by atoms with Crippen molar-refractivity contribution in [3.8, 4) is 5.75 Å². The fraction of sp³-hybridized carbons (Fsp3) is 0.133. The SMILES string of the molecule is COc1ccc(S(=O)C/C(=C(/c2ccc(F)cc2)n2nnc3ccccc32)c2cc(C)ccc2C)cc1. The van der Waals surface area contributed by atoms with Crippen LogP contribution in [0, 0.1) is 19.7 Å². The first-order valence-electron chi connectivity index (χ1n) is 11.8. The van der Waals surface area contributed by atoms with Crippen LogP contribution in [0.4, 0.5) is 4.39 Å². The molecule has 0 bridgehead atoms. The van der Waals surface area contributed by atoms with E-state index in [-0.39, 0.29) is 11.6 Å². The lowest BCUT2D eigenvalue weighted by atomic mass is 9.95. The topological polar surface area (TPSA) is 57.0 Å². The number of rotatable bonds is 7. The van der Waals surface area contributed by atoms with Crippen molar-refractivity contribution in [2.75, 3.05) is 12.9 Å². The summed E-state index contributed by atoms with van der Waals surface area (Å²) in [6, 6.07) is 27.4. The molecule has 1 heterocycles. The maximum Gasteiger partial charge on any atom is 0.123 e. The Kier molecular flexibility index (Phi) is 6.97. The fourth-order valence-corrected chi connectivity index (χ4v) is 5.50. The van der Waals surface area contributed by atoms with Crippen LogP contribution in [0.25, 0.3) is 22.3 Å². The van der Waals surface area contributed by atoms with Crippen LogP contribution in [0.1, 0.15) is 22.3 Å². The molecule has 7 heteroatoms. The number of halogens is 1. The highest BCUT2D eigenvalue weighted by molar-refractivity contribution is 7.85. The van der Waals surface area contributed by atoms with Gasteiger partial charge in [0.05, 0.1) is 34.9 Å². The second kappa shape index (κ2) is 10.5. The van der Waals surface area contributed by atoms with Crippen LogP contribution in [-0.4, -0.2) is 32.1 Å². The van der Waals surface area contributed by atoms with E-state index in [1.54, 1.807) is 36.1 Å². The third-order valence-corrected chi connectivity index (χ3v) is 7.63. The van der Waals surface area contributed by atoms with Gasteiger partial charge in [-0.15, -0.1) is 5.10 Å². The predicted molar refractivity (Wildman–Crippen MR) is 146 cm³/mol. The molecule has 1 unspecified atom stereocenters. The Bertz CT molecular complexity index is 1620. The van der Waals surface area contributed by atoms with Crippen molar-refractivity contribution < 1.29 is 13.3 Å². The molecule has 0 aliphatic rings. The van der Waals surface area contributed by atoms with Crippen LogP contribution in [0.5, 0.6) is 5.75 Å². The monoisotopic (exact) mass is 511 g/mol. The lowest BCUT2D eigenvalue weighted by Gasteiger charge is -2.19. The van der Waals surface area contributed by atoms with Gasteiger partial charge in [0, 0.05) is 10.5 Å². The van der Waals surface area contributed by atoms with Gasteiger partial charge in [-0.1, -0.05) is 41.1 Å². The standard InChI is InChI=1S/C30H26FN3O2S/c1-20-8-9-21(2)26(18-20)27(19-37(35)25-16-14-24(36-3)15-17-25)30(22-10-12-23(31)13-11-22)34-29-7-5-4-6-28(29)32-33-34/h4-18H,19H2,1-3H3/b30-27+. The van der Waals surface area contributed by atoms with Crippen molar-refractivity contribution in [1.29, 1.82) is 0 Å². The molecular weight excluding hydrogens is 485 g/mol. The maximum absolute atomic E-state index is 14.0. The van der Waals surface area contributed by atoms with E-state index in [1.807, 2.05) is 50.2 Å². The largest absolute Gasteiger partial charge is 0.497 e. The molecule has 37 heavy (non-hydrogen) atoms. The summed E-state index contributed by atoms with van der Waals surface area (Å²) >= 11 is 0. The second-order valence-electron chi connectivity index (χ2n) is 8.81. The fourth-order valence-electron chi connectivity index (χ4n) is 4.34. The van der Waals surface area contributed by atoms with Gasteiger partial charge in [-0.2, -0.15) is 0 Å². The Balaban J connectivity index is 1.79. The van der Waals surface area contributed by atoms with Gasteiger partial charge in [0.25, 0.3) is 0 Å². The van der Waals surface area contributed by atoms with Gasteiger partial charge in [-0.3, -0.25) is 4.21 Å². The molecule has 0 N–H and O–H groups in total. The lowest BCUT2D eigenvalue weighted by Crippen LogP contribution is -2.11. The molecule has 1 aromatic heterocycles. The predicted octanol–water partition coefficient (Wildman–Crippen LogP) is 6.42. The lowest BCUT2D eigenvalue weighted by molar-refractivity contribution is 0.414. The molecule has 0 fully saturated rings. The van der Waals surface area contributed by atoms with Gasteiger partial charge >= 0.3 is 0 Å². The third-order valence-electron chi connectivity index (χ3n) is 6.28. The summed E-state index contributed by atoms with van der Waals surface area (Å²) in [5, 5.41) is 8.87. The number of methoxy groups -OCH3 is 1. The van der Waals surface area contributed by atoms with E-state index in [0.29, 0.717) is 16.3 Å². The summed E-state index contributed by atoms with van der Waals surface area (Å²) in [5.74, 6) is 0.589. The molecule has 5 aromatic rings. The van der Waals surface area contributed by atoms with Crippen molar-refractivity contribution in [2.24, 2.45) is 0 Å². The first-order valence-corrected chi connectivity index (χ1v) is 13.2. The molecule has 0 aliphatic carbocycles. The highest BCUT2D eigenvalue weighted by atomic mass is 32.2. The molecule has 186 valence electrons. The zero-order chi connectivity index (χ0) is 25.9. The summed E-state index contributed by atoms with van der Waals surface area (Å²) in [5.41, 5.74) is 6.91. The molecule has 0 amide bonds. The number of nitrogens with zero attached hydrogens (tertiary/aromatic N) is 3. The molecular formula is C30H26FN3O2S. The van der Waals surface area contributed by atoms with E-state index >= 15 is 0 Å². The van der Waals surface area contributed by atoms with E-state index in [9.17, 15) is 8.60 Å². The van der Waals surface area contributed by atoms with Crippen LogP contribution >= 0.6 is 0 Å². The zero-order valence-corrected chi connectivity index (χ0v) is 21.6. The number of ether oxygens (including phenoxy) is 1. The van der Waals surface area contributed by atoms with Gasteiger partial charge in [0.1, 0.15) is 17.1 Å². The zero-order valence-electron chi connectivity index (χ0n) is 20.8. The maximum atomic E-state index is 14.0. The number of benzene rings is 4. The van der Waals surface area contributed by atoms with E-state index in [2.05, 4.69) is 28.5 Å². The summed E-state index contributed by atoms with van der Waals surface area (Å²) in [6.07, 6.45) is 0. The average Bonchev–Trinajstić information content (AvgIpc) is 3.34. The summed E-state index contributed by atoms with van der Waals surface area (Å²) in [4.78, 5) is 0.686. The van der Waals surface area contributed by atoms with E-state index in [0.717, 1.165) is 38.9 Å². The quantitative estimate of drug-likeness (QED) is 0.237. The van der Waals surface area contributed by atoms with Gasteiger partial charge in [-0.25, -0.2) is 9.07 Å². The van der Waals surface area contributed by atoms with Crippen molar-refractivity contribution in [1.82, 2.24) is 15.0 Å².